The minimum absolute atomic E-state index is 0.193. The second kappa shape index (κ2) is 6.03. The number of nitrogens with one attached hydrogen (secondary N) is 1. The number of anilines is 1. The summed E-state index contributed by atoms with van der Waals surface area (Å²) in [6, 6.07) is 8.72. The van der Waals surface area contributed by atoms with Crippen molar-refractivity contribution in [1.82, 2.24) is 0 Å². The molecule has 0 unspecified atom stereocenters. The third-order valence-corrected chi connectivity index (χ3v) is 3.49. The Balaban J connectivity index is 1.84. The molecule has 3 nitrogen and oxygen atoms in total. The average molecular weight is 235 g/mol. The fraction of sp³-hybridized carbons (Fsp3) is 0.571. The van der Waals surface area contributed by atoms with Gasteiger partial charge in [0.25, 0.3) is 0 Å². The maximum atomic E-state index is 5.12. The molecule has 1 aromatic rings. The molecule has 17 heavy (non-hydrogen) atoms. The summed E-state index contributed by atoms with van der Waals surface area (Å²) in [5, 5.41) is 3.30. The highest BCUT2D eigenvalue weighted by Crippen LogP contribution is 2.36. The Morgan fingerprint density at radius 1 is 1.18 bits per heavy atom. The van der Waals surface area contributed by atoms with Gasteiger partial charge in [0.2, 0.25) is 0 Å². The number of rotatable bonds is 6. The van der Waals surface area contributed by atoms with E-state index in [1.54, 1.807) is 14.2 Å². The van der Waals surface area contributed by atoms with Crippen molar-refractivity contribution in [3.63, 3.8) is 0 Å². The summed E-state index contributed by atoms with van der Waals surface area (Å²) in [5.74, 6) is 0.801. The van der Waals surface area contributed by atoms with E-state index in [1.807, 2.05) is 0 Å². The molecule has 3 heteroatoms. The first-order valence-electron chi connectivity index (χ1n) is 6.23. The molecule has 1 aliphatic carbocycles. The predicted octanol–water partition coefficient (Wildman–Crippen LogP) is 2.98. The standard InChI is InChI=1S/C14H21NO2/c1-16-14(17-2)10-15-13-8-6-12(7-9-13)11-4-3-5-11/h6-9,11,14-15H,3-5,10H2,1-2H3. The number of hydrogen-bond acceptors (Lipinski definition) is 3. The predicted molar refractivity (Wildman–Crippen MR) is 69.3 cm³/mol. The van der Waals surface area contributed by atoms with Gasteiger partial charge in [0.1, 0.15) is 0 Å². The van der Waals surface area contributed by atoms with Gasteiger partial charge < -0.3 is 14.8 Å². The Morgan fingerprint density at radius 3 is 2.29 bits per heavy atom. The summed E-state index contributed by atoms with van der Waals surface area (Å²) < 4.78 is 10.2. The molecule has 1 fully saturated rings. The second-order valence-electron chi connectivity index (χ2n) is 4.53. The Morgan fingerprint density at radius 2 is 1.82 bits per heavy atom. The summed E-state index contributed by atoms with van der Waals surface area (Å²) in [4.78, 5) is 0. The van der Waals surface area contributed by atoms with Gasteiger partial charge in [0, 0.05) is 19.9 Å². The fourth-order valence-electron chi connectivity index (χ4n) is 2.08. The van der Waals surface area contributed by atoms with Crippen molar-refractivity contribution < 1.29 is 9.47 Å². The highest BCUT2D eigenvalue weighted by Gasteiger charge is 2.18. The van der Waals surface area contributed by atoms with E-state index in [9.17, 15) is 0 Å². The Hall–Kier alpha value is -1.06. The molecule has 0 heterocycles. The molecule has 0 aliphatic heterocycles. The zero-order chi connectivity index (χ0) is 12.1. The van der Waals surface area contributed by atoms with Crippen LogP contribution in [0.1, 0.15) is 30.7 Å². The third kappa shape index (κ3) is 3.20. The summed E-state index contributed by atoms with van der Waals surface area (Å²) in [6.45, 7) is 0.662. The maximum Gasteiger partial charge on any atom is 0.173 e. The Kier molecular flexibility index (Phi) is 4.40. The molecule has 94 valence electrons. The zero-order valence-corrected chi connectivity index (χ0v) is 10.6. The summed E-state index contributed by atoms with van der Waals surface area (Å²) in [6.07, 6.45) is 3.89. The molecule has 0 atom stereocenters. The lowest BCUT2D eigenvalue weighted by Gasteiger charge is -2.26. The highest BCUT2D eigenvalue weighted by molar-refractivity contribution is 5.45. The lowest BCUT2D eigenvalue weighted by molar-refractivity contribution is -0.0914. The van der Waals surface area contributed by atoms with Crippen molar-refractivity contribution in [1.29, 1.82) is 0 Å². The Bertz CT molecular complexity index is 329. The quantitative estimate of drug-likeness (QED) is 0.769. The van der Waals surface area contributed by atoms with Crippen molar-refractivity contribution in [2.24, 2.45) is 0 Å². The van der Waals surface area contributed by atoms with E-state index in [2.05, 4.69) is 29.6 Å². The normalized spacial score (nSPS) is 15.9. The van der Waals surface area contributed by atoms with Crippen LogP contribution in [-0.4, -0.2) is 27.1 Å². The van der Waals surface area contributed by atoms with Gasteiger partial charge >= 0.3 is 0 Å². The molecule has 0 amide bonds. The Labute approximate surface area is 103 Å². The van der Waals surface area contributed by atoms with Crippen LogP contribution < -0.4 is 5.32 Å². The van der Waals surface area contributed by atoms with E-state index in [0.717, 1.165) is 11.6 Å². The molecule has 1 N–H and O–H groups in total. The van der Waals surface area contributed by atoms with Crippen LogP contribution in [0.3, 0.4) is 0 Å². The van der Waals surface area contributed by atoms with Crippen LogP contribution in [0.4, 0.5) is 5.69 Å². The van der Waals surface area contributed by atoms with E-state index in [-0.39, 0.29) is 6.29 Å². The summed E-state index contributed by atoms with van der Waals surface area (Å²) >= 11 is 0. The molecule has 2 rings (SSSR count). The van der Waals surface area contributed by atoms with Crippen LogP contribution in [0.25, 0.3) is 0 Å². The van der Waals surface area contributed by atoms with Crippen LogP contribution in [0.2, 0.25) is 0 Å². The van der Waals surface area contributed by atoms with Crippen LogP contribution in [-0.2, 0) is 9.47 Å². The summed E-state index contributed by atoms with van der Waals surface area (Å²) in [7, 11) is 3.30. The molecule has 0 spiro atoms. The minimum atomic E-state index is -0.193. The molecular formula is C14H21NO2. The van der Waals surface area contributed by atoms with Gasteiger partial charge in [-0.25, -0.2) is 0 Å². The first-order chi connectivity index (χ1) is 8.33. The van der Waals surface area contributed by atoms with E-state index in [1.165, 1.54) is 24.8 Å². The maximum absolute atomic E-state index is 5.12. The molecule has 0 bridgehead atoms. The van der Waals surface area contributed by atoms with Crippen LogP contribution in [0.5, 0.6) is 0 Å². The van der Waals surface area contributed by atoms with Gasteiger partial charge in [-0.15, -0.1) is 0 Å². The van der Waals surface area contributed by atoms with E-state index in [4.69, 9.17) is 9.47 Å². The van der Waals surface area contributed by atoms with Crippen molar-refractivity contribution in [3.8, 4) is 0 Å². The van der Waals surface area contributed by atoms with E-state index < -0.39 is 0 Å². The summed E-state index contributed by atoms with van der Waals surface area (Å²) in [5.41, 5.74) is 2.59. The van der Waals surface area contributed by atoms with Crippen molar-refractivity contribution in [2.45, 2.75) is 31.5 Å². The molecule has 0 radical (unpaired) electrons. The fourth-order valence-corrected chi connectivity index (χ4v) is 2.08. The molecule has 1 saturated carbocycles. The molecular weight excluding hydrogens is 214 g/mol. The molecule has 1 aliphatic rings. The highest BCUT2D eigenvalue weighted by atomic mass is 16.7. The van der Waals surface area contributed by atoms with Crippen LogP contribution in [0, 0.1) is 0 Å². The number of benzene rings is 1. The zero-order valence-electron chi connectivity index (χ0n) is 10.6. The molecule has 1 aromatic carbocycles. The van der Waals surface area contributed by atoms with Crippen molar-refractivity contribution >= 4 is 5.69 Å². The number of ether oxygens (including phenoxy) is 2. The lowest BCUT2D eigenvalue weighted by atomic mass is 9.80. The number of methoxy groups -OCH3 is 2. The smallest absolute Gasteiger partial charge is 0.173 e. The van der Waals surface area contributed by atoms with E-state index in [0.29, 0.717) is 6.54 Å². The van der Waals surface area contributed by atoms with Gasteiger partial charge in [-0.2, -0.15) is 0 Å². The second-order valence-corrected chi connectivity index (χ2v) is 4.53. The SMILES string of the molecule is COC(CNc1ccc(C2CCC2)cc1)OC. The van der Waals surface area contributed by atoms with Gasteiger partial charge in [-0.1, -0.05) is 18.6 Å². The minimum Gasteiger partial charge on any atom is -0.380 e. The van der Waals surface area contributed by atoms with Gasteiger partial charge in [-0.3, -0.25) is 0 Å². The van der Waals surface area contributed by atoms with Gasteiger partial charge in [-0.05, 0) is 36.5 Å². The number of hydrogen-bond donors (Lipinski definition) is 1. The molecule has 0 saturated heterocycles. The topological polar surface area (TPSA) is 30.5 Å². The average Bonchev–Trinajstić information content (AvgIpc) is 2.30. The largest absolute Gasteiger partial charge is 0.380 e. The van der Waals surface area contributed by atoms with Crippen LogP contribution >= 0.6 is 0 Å². The van der Waals surface area contributed by atoms with Gasteiger partial charge in [0.05, 0.1) is 6.54 Å². The van der Waals surface area contributed by atoms with Crippen molar-refractivity contribution in [3.05, 3.63) is 29.8 Å². The first kappa shape index (κ1) is 12.4. The molecule has 0 aromatic heterocycles. The third-order valence-electron chi connectivity index (χ3n) is 3.49. The first-order valence-corrected chi connectivity index (χ1v) is 6.23. The van der Waals surface area contributed by atoms with Gasteiger partial charge in [0.15, 0.2) is 6.29 Å². The van der Waals surface area contributed by atoms with E-state index >= 15 is 0 Å². The lowest BCUT2D eigenvalue weighted by Crippen LogP contribution is -2.23. The van der Waals surface area contributed by atoms with Crippen molar-refractivity contribution in [2.75, 3.05) is 26.1 Å². The monoisotopic (exact) mass is 235 g/mol. The van der Waals surface area contributed by atoms with Crippen LogP contribution in [0.15, 0.2) is 24.3 Å².